The molecule has 1 aliphatic heterocycles. The van der Waals surface area contributed by atoms with Gasteiger partial charge in [0.15, 0.2) is 0 Å². The minimum absolute atomic E-state index is 0.0444. The van der Waals surface area contributed by atoms with Crippen LogP contribution in [-0.2, 0) is 4.74 Å². The van der Waals surface area contributed by atoms with Gasteiger partial charge in [0.2, 0.25) is 0 Å². The van der Waals surface area contributed by atoms with E-state index in [4.69, 9.17) is 16.3 Å². The third kappa shape index (κ3) is 2.92. The summed E-state index contributed by atoms with van der Waals surface area (Å²) in [7, 11) is 0. The lowest BCUT2D eigenvalue weighted by Crippen LogP contribution is -2.39. The number of benzene rings is 1. The minimum atomic E-state index is -0.442. The molecule has 0 radical (unpaired) electrons. The van der Waals surface area contributed by atoms with Crippen LogP contribution in [0.1, 0.15) is 50.2 Å². The van der Waals surface area contributed by atoms with Gasteiger partial charge >= 0.3 is 0 Å². The van der Waals surface area contributed by atoms with E-state index in [2.05, 4.69) is 15.9 Å². The molecule has 3 rings (SSSR count). The Hall–Kier alpha value is -0.0900. The van der Waals surface area contributed by atoms with Crippen molar-refractivity contribution in [2.24, 2.45) is 5.92 Å². The predicted octanol–water partition coefficient (Wildman–Crippen LogP) is 4.88. The molecule has 4 heteroatoms. The Morgan fingerprint density at radius 3 is 2.80 bits per heavy atom. The van der Waals surface area contributed by atoms with Gasteiger partial charge in [-0.3, -0.25) is 0 Å². The number of hydrogen-bond donors (Lipinski definition) is 1. The van der Waals surface area contributed by atoms with Crippen molar-refractivity contribution in [3.05, 3.63) is 33.3 Å². The highest BCUT2D eigenvalue weighted by Crippen LogP contribution is 2.46. The molecule has 1 saturated carbocycles. The molecule has 1 heterocycles. The van der Waals surface area contributed by atoms with Crippen LogP contribution in [0.3, 0.4) is 0 Å². The molecular weight excluding hydrogens is 340 g/mol. The summed E-state index contributed by atoms with van der Waals surface area (Å²) in [6, 6.07) is 5.62. The highest BCUT2D eigenvalue weighted by Gasteiger charge is 2.42. The van der Waals surface area contributed by atoms with Gasteiger partial charge in [0.05, 0.1) is 11.7 Å². The molecule has 1 aromatic carbocycles. The quantitative estimate of drug-likeness (QED) is 0.816. The first-order valence-electron chi connectivity index (χ1n) is 7.37. The van der Waals surface area contributed by atoms with Crippen molar-refractivity contribution < 1.29 is 9.84 Å². The number of ether oxygens (including phenoxy) is 1. The molecule has 0 bridgehead atoms. The van der Waals surface area contributed by atoms with Gasteiger partial charge in [-0.15, -0.1) is 0 Å². The zero-order chi connectivity index (χ0) is 14.2. The number of rotatable bonds is 2. The van der Waals surface area contributed by atoms with E-state index in [0.29, 0.717) is 5.02 Å². The third-order valence-electron chi connectivity index (χ3n) is 4.77. The highest BCUT2D eigenvalue weighted by molar-refractivity contribution is 9.10. The van der Waals surface area contributed by atoms with Gasteiger partial charge in [0.25, 0.3) is 0 Å². The summed E-state index contributed by atoms with van der Waals surface area (Å²) in [6.07, 6.45) is 6.28. The molecular formula is C16H20BrClO2. The van der Waals surface area contributed by atoms with Gasteiger partial charge in [-0.25, -0.2) is 0 Å². The smallest absolute Gasteiger partial charge is 0.0831 e. The molecule has 1 saturated heterocycles. The van der Waals surface area contributed by atoms with E-state index in [1.54, 1.807) is 0 Å². The fourth-order valence-electron chi connectivity index (χ4n) is 3.70. The molecule has 0 aromatic heterocycles. The monoisotopic (exact) mass is 358 g/mol. The standard InChI is InChI=1S/C16H20BrClO2/c17-14-9-12(18)3-4-13(14)15(19)11-5-8-20-16(10-11)6-1-2-7-16/h3-4,9,11,15,19H,1-2,5-8,10H2. The van der Waals surface area contributed by atoms with Crippen LogP contribution in [0.25, 0.3) is 0 Å². The van der Waals surface area contributed by atoms with E-state index in [-0.39, 0.29) is 11.5 Å². The maximum atomic E-state index is 10.7. The number of aliphatic hydroxyl groups is 1. The van der Waals surface area contributed by atoms with Crippen LogP contribution < -0.4 is 0 Å². The third-order valence-corrected chi connectivity index (χ3v) is 5.70. The lowest BCUT2D eigenvalue weighted by Gasteiger charge is -2.40. The van der Waals surface area contributed by atoms with Gasteiger partial charge < -0.3 is 9.84 Å². The Balaban J connectivity index is 1.77. The molecule has 1 aromatic rings. The summed E-state index contributed by atoms with van der Waals surface area (Å²) in [5.74, 6) is 0.277. The van der Waals surface area contributed by atoms with Gasteiger partial charge in [0, 0.05) is 16.1 Å². The maximum Gasteiger partial charge on any atom is 0.0831 e. The second-order valence-electron chi connectivity index (χ2n) is 6.10. The molecule has 1 spiro atoms. The molecule has 20 heavy (non-hydrogen) atoms. The Bertz CT molecular complexity index is 485. The van der Waals surface area contributed by atoms with Crippen LogP contribution in [0.5, 0.6) is 0 Å². The largest absolute Gasteiger partial charge is 0.388 e. The topological polar surface area (TPSA) is 29.5 Å². The summed E-state index contributed by atoms with van der Waals surface area (Å²) < 4.78 is 6.94. The number of halogens is 2. The number of hydrogen-bond acceptors (Lipinski definition) is 2. The Morgan fingerprint density at radius 2 is 2.10 bits per heavy atom. The van der Waals surface area contributed by atoms with E-state index in [1.807, 2.05) is 18.2 Å². The molecule has 1 aliphatic carbocycles. The second kappa shape index (κ2) is 5.96. The molecule has 110 valence electrons. The highest BCUT2D eigenvalue weighted by atomic mass is 79.9. The first-order chi connectivity index (χ1) is 9.60. The van der Waals surface area contributed by atoms with Gasteiger partial charge in [-0.2, -0.15) is 0 Å². The summed E-state index contributed by atoms with van der Waals surface area (Å²) in [4.78, 5) is 0. The molecule has 0 amide bonds. The van der Waals surface area contributed by atoms with Crippen molar-refractivity contribution >= 4 is 27.5 Å². The van der Waals surface area contributed by atoms with Crippen LogP contribution in [0, 0.1) is 5.92 Å². The van der Waals surface area contributed by atoms with Crippen molar-refractivity contribution in [1.82, 2.24) is 0 Å². The summed E-state index contributed by atoms with van der Waals surface area (Å²) >= 11 is 9.49. The average molecular weight is 360 g/mol. The zero-order valence-electron chi connectivity index (χ0n) is 11.4. The normalized spacial score (nSPS) is 26.9. The Kier molecular flexibility index (Phi) is 4.42. The second-order valence-corrected chi connectivity index (χ2v) is 7.39. The minimum Gasteiger partial charge on any atom is -0.388 e. The van der Waals surface area contributed by atoms with Crippen molar-refractivity contribution in [3.8, 4) is 0 Å². The molecule has 1 N–H and O–H groups in total. The maximum absolute atomic E-state index is 10.7. The van der Waals surface area contributed by atoms with Crippen LogP contribution in [-0.4, -0.2) is 17.3 Å². The van der Waals surface area contributed by atoms with Gasteiger partial charge in [-0.05, 0) is 49.3 Å². The summed E-state index contributed by atoms with van der Waals surface area (Å²) in [5, 5.41) is 11.4. The summed E-state index contributed by atoms with van der Waals surface area (Å²) in [6.45, 7) is 0.771. The number of aliphatic hydroxyl groups excluding tert-OH is 1. The zero-order valence-corrected chi connectivity index (χ0v) is 13.8. The lowest BCUT2D eigenvalue weighted by atomic mass is 9.80. The Morgan fingerprint density at radius 1 is 1.35 bits per heavy atom. The van der Waals surface area contributed by atoms with Gasteiger partial charge in [0.1, 0.15) is 0 Å². The van der Waals surface area contributed by atoms with Crippen molar-refractivity contribution in [3.63, 3.8) is 0 Å². The van der Waals surface area contributed by atoms with E-state index < -0.39 is 6.10 Å². The van der Waals surface area contributed by atoms with E-state index in [9.17, 15) is 5.11 Å². The van der Waals surface area contributed by atoms with Crippen molar-refractivity contribution in [2.45, 2.75) is 50.2 Å². The van der Waals surface area contributed by atoms with Crippen molar-refractivity contribution in [2.75, 3.05) is 6.61 Å². The van der Waals surface area contributed by atoms with Crippen LogP contribution in [0.4, 0.5) is 0 Å². The fourth-order valence-corrected chi connectivity index (χ4v) is 4.62. The van der Waals surface area contributed by atoms with Crippen LogP contribution in [0.15, 0.2) is 22.7 Å². The van der Waals surface area contributed by atoms with E-state index >= 15 is 0 Å². The summed E-state index contributed by atoms with van der Waals surface area (Å²) in [5.41, 5.74) is 0.984. The predicted molar refractivity (Wildman–Crippen MR) is 84.0 cm³/mol. The van der Waals surface area contributed by atoms with E-state index in [1.165, 1.54) is 12.8 Å². The SMILES string of the molecule is OC(c1ccc(Cl)cc1Br)C1CCOC2(CCCC2)C1. The first kappa shape index (κ1) is 14.8. The van der Waals surface area contributed by atoms with E-state index in [0.717, 1.165) is 42.3 Å². The average Bonchev–Trinajstić information content (AvgIpc) is 2.86. The lowest BCUT2D eigenvalue weighted by molar-refractivity contribution is -0.113. The van der Waals surface area contributed by atoms with Crippen LogP contribution >= 0.6 is 27.5 Å². The van der Waals surface area contributed by atoms with Gasteiger partial charge in [-0.1, -0.05) is 46.4 Å². The first-order valence-corrected chi connectivity index (χ1v) is 8.54. The fraction of sp³-hybridized carbons (Fsp3) is 0.625. The molecule has 2 nitrogen and oxygen atoms in total. The van der Waals surface area contributed by atoms with Crippen molar-refractivity contribution in [1.29, 1.82) is 0 Å². The molecule has 2 atom stereocenters. The van der Waals surface area contributed by atoms with Crippen LogP contribution in [0.2, 0.25) is 5.02 Å². The molecule has 2 unspecified atom stereocenters. The Labute approximate surface area is 133 Å². The molecule has 2 aliphatic rings. The molecule has 2 fully saturated rings.